The lowest BCUT2D eigenvalue weighted by atomic mass is 10.2. The standard InChI is InChI=1S/C19H21N3O6S/c1-13-2-8-16(9-3-13)29(26,27)21-11-10-18(24)28-12-17(23)22-15-6-4-14(5-7-15)19(20)25/h2-9,21H,10-12H2,1H3,(H2,20,25)(H,22,23). The minimum Gasteiger partial charge on any atom is -0.456 e. The highest BCUT2D eigenvalue weighted by molar-refractivity contribution is 7.89. The molecule has 0 saturated heterocycles. The molecule has 0 aliphatic heterocycles. The molecule has 0 radical (unpaired) electrons. The second-order valence-electron chi connectivity index (χ2n) is 6.11. The Bertz CT molecular complexity index is 986. The molecule has 0 bridgehead atoms. The highest BCUT2D eigenvalue weighted by Gasteiger charge is 2.15. The number of ether oxygens (including phenoxy) is 1. The van der Waals surface area contributed by atoms with E-state index in [1.54, 1.807) is 12.1 Å². The van der Waals surface area contributed by atoms with E-state index in [0.717, 1.165) is 5.56 Å². The van der Waals surface area contributed by atoms with Crippen LogP contribution < -0.4 is 15.8 Å². The molecule has 0 unspecified atom stereocenters. The van der Waals surface area contributed by atoms with Gasteiger partial charge in [0.2, 0.25) is 15.9 Å². The topological polar surface area (TPSA) is 145 Å². The zero-order chi connectivity index (χ0) is 21.4. The number of rotatable bonds is 9. The van der Waals surface area contributed by atoms with Gasteiger partial charge in [-0.3, -0.25) is 14.4 Å². The van der Waals surface area contributed by atoms with Gasteiger partial charge in [0, 0.05) is 17.8 Å². The third-order valence-corrected chi connectivity index (χ3v) is 5.25. The predicted molar refractivity (Wildman–Crippen MR) is 106 cm³/mol. The molecule has 0 heterocycles. The maximum absolute atomic E-state index is 12.1. The summed E-state index contributed by atoms with van der Waals surface area (Å²) in [7, 11) is -3.72. The largest absolute Gasteiger partial charge is 0.456 e. The summed E-state index contributed by atoms with van der Waals surface area (Å²) < 4.78 is 31.3. The van der Waals surface area contributed by atoms with E-state index in [2.05, 4.69) is 10.0 Å². The SMILES string of the molecule is Cc1ccc(S(=O)(=O)NCCC(=O)OCC(=O)Nc2ccc(C(N)=O)cc2)cc1. The summed E-state index contributed by atoms with van der Waals surface area (Å²) >= 11 is 0. The van der Waals surface area contributed by atoms with Crippen LogP contribution in [0.3, 0.4) is 0 Å². The number of amides is 2. The van der Waals surface area contributed by atoms with E-state index in [9.17, 15) is 22.8 Å². The van der Waals surface area contributed by atoms with E-state index < -0.39 is 34.4 Å². The Labute approximate surface area is 168 Å². The number of nitrogens with two attached hydrogens (primary N) is 1. The summed E-state index contributed by atoms with van der Waals surface area (Å²) in [5, 5.41) is 2.49. The lowest BCUT2D eigenvalue weighted by molar-refractivity contribution is -0.147. The van der Waals surface area contributed by atoms with Gasteiger partial charge in [0.1, 0.15) is 0 Å². The fraction of sp³-hybridized carbons (Fsp3) is 0.211. The number of carbonyl (C=O) groups is 3. The fourth-order valence-corrected chi connectivity index (χ4v) is 3.25. The second-order valence-corrected chi connectivity index (χ2v) is 7.88. The first-order valence-electron chi connectivity index (χ1n) is 8.59. The van der Waals surface area contributed by atoms with Gasteiger partial charge in [0.25, 0.3) is 5.91 Å². The van der Waals surface area contributed by atoms with Crippen LogP contribution in [0.1, 0.15) is 22.3 Å². The Morgan fingerprint density at radius 2 is 1.62 bits per heavy atom. The molecule has 0 aromatic heterocycles. The number of carbonyl (C=O) groups excluding carboxylic acids is 3. The van der Waals surface area contributed by atoms with E-state index in [4.69, 9.17) is 10.5 Å². The molecule has 10 heteroatoms. The molecule has 2 rings (SSSR count). The van der Waals surface area contributed by atoms with Crippen molar-refractivity contribution in [2.24, 2.45) is 5.73 Å². The van der Waals surface area contributed by atoms with Crippen LogP contribution in [-0.2, 0) is 24.3 Å². The second kappa shape index (κ2) is 9.80. The summed E-state index contributed by atoms with van der Waals surface area (Å²) in [6.07, 6.45) is -0.230. The van der Waals surface area contributed by atoms with Crippen LogP contribution in [-0.4, -0.2) is 39.4 Å². The highest BCUT2D eigenvalue weighted by Crippen LogP contribution is 2.10. The van der Waals surface area contributed by atoms with Crippen LogP contribution in [0.4, 0.5) is 5.69 Å². The number of benzene rings is 2. The van der Waals surface area contributed by atoms with Crippen molar-refractivity contribution in [2.75, 3.05) is 18.5 Å². The summed E-state index contributed by atoms with van der Waals surface area (Å²) in [4.78, 5) is 34.6. The monoisotopic (exact) mass is 419 g/mol. The summed E-state index contributed by atoms with van der Waals surface area (Å²) in [5.41, 5.74) is 6.75. The molecule has 0 aliphatic carbocycles. The quantitative estimate of drug-likeness (QED) is 0.516. The maximum Gasteiger partial charge on any atom is 0.307 e. The number of aryl methyl sites for hydroxylation is 1. The van der Waals surface area contributed by atoms with Crippen LogP contribution in [0.5, 0.6) is 0 Å². The molecular formula is C19H21N3O6S. The van der Waals surface area contributed by atoms with Crippen molar-refractivity contribution in [3.05, 3.63) is 59.7 Å². The van der Waals surface area contributed by atoms with Gasteiger partial charge < -0.3 is 15.8 Å². The van der Waals surface area contributed by atoms with Gasteiger partial charge in [-0.2, -0.15) is 0 Å². The molecule has 154 valence electrons. The molecule has 2 aromatic carbocycles. The van der Waals surface area contributed by atoms with Crippen molar-refractivity contribution in [3.8, 4) is 0 Å². The highest BCUT2D eigenvalue weighted by atomic mass is 32.2. The zero-order valence-corrected chi connectivity index (χ0v) is 16.5. The average Bonchev–Trinajstić information content (AvgIpc) is 2.67. The normalized spacial score (nSPS) is 10.9. The van der Waals surface area contributed by atoms with E-state index in [1.165, 1.54) is 36.4 Å². The van der Waals surface area contributed by atoms with Crippen molar-refractivity contribution in [1.82, 2.24) is 4.72 Å². The molecule has 0 fully saturated rings. The minimum absolute atomic E-state index is 0.0956. The van der Waals surface area contributed by atoms with Crippen molar-refractivity contribution < 1.29 is 27.5 Å². The molecule has 0 spiro atoms. The smallest absolute Gasteiger partial charge is 0.307 e. The predicted octanol–water partition coefficient (Wildman–Crippen LogP) is 0.944. The lowest BCUT2D eigenvalue weighted by Crippen LogP contribution is -2.28. The third-order valence-electron chi connectivity index (χ3n) is 3.77. The third kappa shape index (κ3) is 7.01. The number of esters is 1. The van der Waals surface area contributed by atoms with Crippen molar-refractivity contribution in [3.63, 3.8) is 0 Å². The van der Waals surface area contributed by atoms with E-state index >= 15 is 0 Å². The Balaban J connectivity index is 1.73. The zero-order valence-electron chi connectivity index (χ0n) is 15.7. The summed E-state index contributed by atoms with van der Waals surface area (Å²) in [6.45, 7) is 1.15. The average molecular weight is 419 g/mol. The first-order chi connectivity index (χ1) is 13.7. The Morgan fingerprint density at radius 1 is 1.00 bits per heavy atom. The van der Waals surface area contributed by atoms with Crippen LogP contribution >= 0.6 is 0 Å². The number of anilines is 1. The molecule has 2 aromatic rings. The van der Waals surface area contributed by atoms with Gasteiger partial charge in [0.15, 0.2) is 6.61 Å². The van der Waals surface area contributed by atoms with Gasteiger partial charge in [0.05, 0.1) is 11.3 Å². The number of hydrogen-bond donors (Lipinski definition) is 3. The number of hydrogen-bond acceptors (Lipinski definition) is 6. The van der Waals surface area contributed by atoms with Gasteiger partial charge >= 0.3 is 5.97 Å². The van der Waals surface area contributed by atoms with E-state index in [-0.39, 0.29) is 17.9 Å². The first-order valence-corrected chi connectivity index (χ1v) is 10.1. The maximum atomic E-state index is 12.1. The molecule has 0 aliphatic rings. The van der Waals surface area contributed by atoms with Gasteiger partial charge in [-0.15, -0.1) is 0 Å². The van der Waals surface area contributed by atoms with E-state index in [1.807, 2.05) is 6.92 Å². The summed E-state index contributed by atoms with van der Waals surface area (Å²) in [5.74, 6) is -1.89. The van der Waals surface area contributed by atoms with Crippen molar-refractivity contribution in [1.29, 1.82) is 0 Å². The Kier molecular flexibility index (Phi) is 7.46. The molecule has 0 saturated carbocycles. The molecule has 4 N–H and O–H groups in total. The Hall–Kier alpha value is -3.24. The molecule has 2 amide bonds. The fourth-order valence-electron chi connectivity index (χ4n) is 2.22. The Morgan fingerprint density at radius 3 is 2.21 bits per heavy atom. The van der Waals surface area contributed by atoms with Crippen LogP contribution in [0.2, 0.25) is 0 Å². The number of primary amides is 1. The number of nitrogens with one attached hydrogen (secondary N) is 2. The van der Waals surface area contributed by atoms with Gasteiger partial charge in [-0.1, -0.05) is 17.7 Å². The van der Waals surface area contributed by atoms with Crippen LogP contribution in [0.15, 0.2) is 53.4 Å². The van der Waals surface area contributed by atoms with Gasteiger partial charge in [-0.05, 0) is 43.3 Å². The molecule has 29 heavy (non-hydrogen) atoms. The molecule has 9 nitrogen and oxygen atoms in total. The lowest BCUT2D eigenvalue weighted by Gasteiger charge is -2.08. The van der Waals surface area contributed by atoms with Gasteiger partial charge in [-0.25, -0.2) is 13.1 Å². The summed E-state index contributed by atoms with van der Waals surface area (Å²) in [6, 6.07) is 12.1. The van der Waals surface area contributed by atoms with E-state index in [0.29, 0.717) is 11.3 Å². The first kappa shape index (κ1) is 22.1. The molecular weight excluding hydrogens is 398 g/mol. The van der Waals surface area contributed by atoms with Crippen LogP contribution in [0.25, 0.3) is 0 Å². The van der Waals surface area contributed by atoms with Crippen molar-refractivity contribution in [2.45, 2.75) is 18.2 Å². The van der Waals surface area contributed by atoms with Crippen molar-refractivity contribution >= 4 is 33.5 Å². The van der Waals surface area contributed by atoms with Crippen LogP contribution in [0, 0.1) is 6.92 Å². The number of sulfonamides is 1. The minimum atomic E-state index is -3.72. The molecule has 0 atom stereocenters.